The van der Waals surface area contributed by atoms with Crippen molar-refractivity contribution >= 4 is 34.8 Å². The van der Waals surface area contributed by atoms with Crippen LogP contribution in [0.5, 0.6) is 5.75 Å². The third kappa shape index (κ3) is 6.85. The van der Waals surface area contributed by atoms with Crippen LogP contribution in [0, 0.1) is 11.8 Å². The third-order valence-electron chi connectivity index (χ3n) is 7.42. The molecule has 0 spiro atoms. The summed E-state index contributed by atoms with van der Waals surface area (Å²) in [6.07, 6.45) is 2.55. The number of aliphatic hydroxyl groups is 2. The number of anilines is 1. The normalized spacial score (nSPS) is 14.7. The highest BCUT2D eigenvalue weighted by Crippen LogP contribution is 2.40. The number of aromatic nitrogens is 2. The third-order valence-corrected chi connectivity index (χ3v) is 8.06. The van der Waals surface area contributed by atoms with Gasteiger partial charge in [0, 0.05) is 48.5 Å². The second-order valence-corrected chi connectivity index (χ2v) is 11.5. The summed E-state index contributed by atoms with van der Waals surface area (Å²) >= 11 is 13.3. The Bertz CT molecular complexity index is 1580. The minimum absolute atomic E-state index is 0.00276. The van der Waals surface area contributed by atoms with Crippen LogP contribution in [0.2, 0.25) is 10.0 Å². The molecule has 0 bridgehead atoms. The number of pyridine rings is 1. The Morgan fingerprint density at radius 3 is 2.58 bits per heavy atom. The van der Waals surface area contributed by atoms with E-state index >= 15 is 0 Å². The first-order valence-electron chi connectivity index (χ1n) is 13.6. The maximum absolute atomic E-state index is 11.7. The zero-order valence-corrected chi connectivity index (χ0v) is 26.0. The quantitative estimate of drug-likeness (QED) is 0.142. The molecule has 0 radical (unpaired) electrons. The molecule has 43 heavy (non-hydrogen) atoms. The molecule has 1 aliphatic rings. The molecule has 11 heteroatoms. The fraction of sp³-hybridized carbons (Fsp3) is 0.312. The summed E-state index contributed by atoms with van der Waals surface area (Å²) in [6, 6.07) is 15.0. The number of benzene rings is 2. The highest BCUT2D eigenvalue weighted by molar-refractivity contribution is 6.33. The molecular formula is C32H34Cl2N4O5. The molecule has 2 aromatic carbocycles. The Morgan fingerprint density at radius 1 is 1.19 bits per heavy atom. The number of nitroso groups, excluding NO2 is 1. The Balaban J connectivity index is 0.00000207. The van der Waals surface area contributed by atoms with Crippen LogP contribution in [0.1, 0.15) is 54.2 Å². The van der Waals surface area contributed by atoms with E-state index in [4.69, 9.17) is 37.6 Å². The largest absolute Gasteiger partial charge is 0.508 e. The zero-order chi connectivity index (χ0) is 31.3. The minimum atomic E-state index is -1.16. The van der Waals surface area contributed by atoms with Crippen molar-refractivity contribution in [3.8, 4) is 17.0 Å². The number of rotatable bonds is 9. The number of aliphatic hydroxyl groups excluding tert-OH is 2. The standard InChI is InChI=1S/C31H30Cl2N4O4.CH4O/c1-18-6-5-7-25(32)28(18)29-24(30(41-35-29)31(3,4)36-39)17-40-22-9-10-23(26(33)14-22)21-12-13-37(16-21)27-11-8-20(15-34-27)19(2)38;1-2/h5-11,14-15,21,38H,2,12-13,16-17H2,1,3-4H3;2H,1H3. The molecule has 2 aromatic heterocycles. The van der Waals surface area contributed by atoms with E-state index in [1.807, 2.05) is 43.3 Å². The first kappa shape index (κ1) is 32.0. The van der Waals surface area contributed by atoms with Gasteiger partial charge in [0.05, 0.1) is 10.6 Å². The van der Waals surface area contributed by atoms with E-state index < -0.39 is 5.54 Å². The summed E-state index contributed by atoms with van der Waals surface area (Å²) in [7, 11) is 1.00. The van der Waals surface area contributed by atoms with Gasteiger partial charge in [-0.2, -0.15) is 0 Å². The van der Waals surface area contributed by atoms with Crippen molar-refractivity contribution in [1.82, 2.24) is 10.1 Å². The van der Waals surface area contributed by atoms with Crippen molar-refractivity contribution in [3.05, 3.63) is 104 Å². The molecule has 1 unspecified atom stereocenters. The van der Waals surface area contributed by atoms with Crippen LogP contribution in [0.25, 0.3) is 17.0 Å². The molecule has 1 aliphatic heterocycles. The minimum Gasteiger partial charge on any atom is -0.508 e. The van der Waals surface area contributed by atoms with Gasteiger partial charge in [-0.25, -0.2) is 4.98 Å². The highest BCUT2D eigenvalue weighted by Gasteiger charge is 2.34. The van der Waals surface area contributed by atoms with E-state index in [0.717, 1.165) is 43.6 Å². The van der Waals surface area contributed by atoms with Crippen LogP contribution in [-0.4, -0.2) is 40.6 Å². The van der Waals surface area contributed by atoms with Gasteiger partial charge in [0.15, 0.2) is 11.3 Å². The summed E-state index contributed by atoms with van der Waals surface area (Å²) in [5, 5.41) is 25.2. The molecule has 1 atom stereocenters. The summed E-state index contributed by atoms with van der Waals surface area (Å²) in [5.74, 6) is 1.96. The number of ether oxygens (including phenoxy) is 1. The summed E-state index contributed by atoms with van der Waals surface area (Å²) in [5.41, 5.74) is 3.22. The van der Waals surface area contributed by atoms with E-state index in [1.54, 1.807) is 32.2 Å². The molecule has 5 rings (SSSR count). The first-order valence-corrected chi connectivity index (χ1v) is 14.4. The Labute approximate surface area is 260 Å². The van der Waals surface area contributed by atoms with E-state index in [-0.39, 0.29) is 18.3 Å². The smallest absolute Gasteiger partial charge is 0.174 e. The van der Waals surface area contributed by atoms with Gasteiger partial charge in [0.1, 0.15) is 29.6 Å². The van der Waals surface area contributed by atoms with Crippen molar-refractivity contribution in [2.75, 3.05) is 25.1 Å². The van der Waals surface area contributed by atoms with Crippen molar-refractivity contribution in [3.63, 3.8) is 0 Å². The predicted octanol–water partition coefficient (Wildman–Crippen LogP) is 8.06. The van der Waals surface area contributed by atoms with Crippen LogP contribution >= 0.6 is 23.2 Å². The number of hydrogen-bond acceptors (Lipinski definition) is 9. The molecule has 2 N–H and O–H groups in total. The SMILES string of the molecule is C=C(O)c1ccc(N2CCC(c3ccc(OCc4c(-c5c(C)cccc5Cl)noc4C(C)(C)N=O)cc3Cl)C2)nc1.CO. The van der Waals surface area contributed by atoms with Gasteiger partial charge in [-0.05, 0) is 68.7 Å². The van der Waals surface area contributed by atoms with Gasteiger partial charge < -0.3 is 24.4 Å². The molecule has 9 nitrogen and oxygen atoms in total. The van der Waals surface area contributed by atoms with Gasteiger partial charge in [-0.1, -0.05) is 58.3 Å². The van der Waals surface area contributed by atoms with Crippen molar-refractivity contribution in [2.24, 2.45) is 5.18 Å². The molecule has 3 heterocycles. The van der Waals surface area contributed by atoms with Crippen LogP contribution < -0.4 is 9.64 Å². The molecule has 1 saturated heterocycles. The second kappa shape index (κ2) is 13.6. The maximum Gasteiger partial charge on any atom is 0.174 e. The second-order valence-electron chi connectivity index (χ2n) is 10.7. The lowest BCUT2D eigenvalue weighted by molar-refractivity contribution is 0.284. The first-order chi connectivity index (χ1) is 20.6. The van der Waals surface area contributed by atoms with Crippen LogP contribution in [0.15, 0.2) is 71.0 Å². The average Bonchev–Trinajstić information content (AvgIpc) is 3.66. The van der Waals surface area contributed by atoms with Gasteiger partial charge in [0.25, 0.3) is 0 Å². The molecule has 4 aromatic rings. The number of halogens is 2. The monoisotopic (exact) mass is 624 g/mol. The lowest BCUT2D eigenvalue weighted by atomic mass is 9.95. The van der Waals surface area contributed by atoms with Gasteiger partial charge >= 0.3 is 0 Å². The molecule has 0 aliphatic carbocycles. The number of nitrogens with zero attached hydrogens (tertiary/aromatic N) is 4. The summed E-state index contributed by atoms with van der Waals surface area (Å²) in [6.45, 7) is 10.5. The fourth-order valence-corrected chi connectivity index (χ4v) is 5.78. The molecule has 0 saturated carbocycles. The van der Waals surface area contributed by atoms with E-state index in [0.29, 0.717) is 43.9 Å². The lowest BCUT2D eigenvalue weighted by Gasteiger charge is -2.19. The van der Waals surface area contributed by atoms with E-state index in [2.05, 4.69) is 26.8 Å². The van der Waals surface area contributed by atoms with Crippen LogP contribution in [-0.2, 0) is 12.1 Å². The Kier molecular flexibility index (Phi) is 10.1. The summed E-state index contributed by atoms with van der Waals surface area (Å²) < 4.78 is 11.8. The van der Waals surface area contributed by atoms with E-state index in [1.165, 1.54) is 0 Å². The summed E-state index contributed by atoms with van der Waals surface area (Å²) in [4.78, 5) is 18.3. The zero-order valence-electron chi connectivity index (χ0n) is 24.5. The molecule has 226 valence electrons. The Hall–Kier alpha value is -3.92. The van der Waals surface area contributed by atoms with E-state index in [9.17, 15) is 10.0 Å². The maximum atomic E-state index is 11.7. The van der Waals surface area contributed by atoms with Gasteiger partial charge in [-0.15, -0.1) is 4.91 Å². The molecule has 1 fully saturated rings. The van der Waals surface area contributed by atoms with Crippen LogP contribution in [0.4, 0.5) is 5.82 Å². The highest BCUT2D eigenvalue weighted by atomic mass is 35.5. The fourth-order valence-electron chi connectivity index (χ4n) is 5.14. The van der Waals surface area contributed by atoms with Crippen molar-refractivity contribution < 1.29 is 19.5 Å². The molecule has 0 amide bonds. The average molecular weight is 626 g/mol. The van der Waals surface area contributed by atoms with Gasteiger partial charge in [-0.3, -0.25) is 0 Å². The lowest BCUT2D eigenvalue weighted by Crippen LogP contribution is -2.20. The predicted molar refractivity (Wildman–Crippen MR) is 170 cm³/mol. The number of hydrogen-bond donors (Lipinski definition) is 2. The Morgan fingerprint density at radius 2 is 1.95 bits per heavy atom. The van der Waals surface area contributed by atoms with Crippen molar-refractivity contribution in [2.45, 2.75) is 45.3 Å². The van der Waals surface area contributed by atoms with Crippen LogP contribution in [0.3, 0.4) is 0 Å². The topological polar surface area (TPSA) is 121 Å². The van der Waals surface area contributed by atoms with Gasteiger partial charge in [0.2, 0.25) is 0 Å². The molecular weight excluding hydrogens is 591 g/mol. The number of aryl methyl sites for hydroxylation is 1. The van der Waals surface area contributed by atoms with Crippen molar-refractivity contribution in [1.29, 1.82) is 0 Å².